The van der Waals surface area contributed by atoms with E-state index in [0.717, 1.165) is 0 Å². The predicted molar refractivity (Wildman–Crippen MR) is 89.3 cm³/mol. The van der Waals surface area contributed by atoms with E-state index in [9.17, 15) is 19.2 Å². The molecule has 0 aliphatic rings. The normalized spacial score (nSPS) is 12.5. The number of hydrogen-bond donors (Lipinski definition) is 0. The first-order valence-electron chi connectivity index (χ1n) is 7.65. The molecule has 9 heteroatoms. The first kappa shape index (κ1) is 21.0. The standard InChI is InChI=1S/C16H22O8S/c1-9-12(23-14(19)22-9)8-21-15(20)25-10(2)11(17)6-7-13(18)24-16(3,4)5/h10H,6-8H2,1-5H3. The van der Waals surface area contributed by atoms with Gasteiger partial charge in [0.15, 0.2) is 18.1 Å². The number of hydrogen-bond acceptors (Lipinski definition) is 9. The molecule has 1 unspecified atom stereocenters. The van der Waals surface area contributed by atoms with Crippen LogP contribution < -0.4 is 5.82 Å². The van der Waals surface area contributed by atoms with Gasteiger partial charge in [0.05, 0.1) is 11.7 Å². The number of Topliss-reactive ketones (excluding diaryl/α,β-unsaturated/α-hetero) is 1. The third-order valence-corrected chi connectivity index (χ3v) is 3.81. The Kier molecular flexibility index (Phi) is 7.47. The third kappa shape index (κ3) is 8.06. The Hall–Kier alpha value is -2.03. The van der Waals surface area contributed by atoms with Crippen LogP contribution in [0.1, 0.15) is 52.1 Å². The minimum atomic E-state index is -0.873. The first-order chi connectivity index (χ1) is 11.5. The number of thioether (sulfide) groups is 1. The SMILES string of the molecule is Cc1oc(=O)oc1COC(=O)SC(C)C(=O)CCC(=O)OC(C)(C)C. The van der Waals surface area contributed by atoms with Gasteiger partial charge in [0, 0.05) is 6.42 Å². The highest BCUT2D eigenvalue weighted by Crippen LogP contribution is 2.19. The molecule has 0 N–H and O–H groups in total. The summed E-state index contributed by atoms with van der Waals surface area (Å²) in [5, 5.41) is -1.37. The van der Waals surface area contributed by atoms with Gasteiger partial charge >= 0.3 is 17.1 Å². The lowest BCUT2D eigenvalue weighted by Gasteiger charge is -2.19. The van der Waals surface area contributed by atoms with Crippen LogP contribution in [0.15, 0.2) is 13.6 Å². The lowest BCUT2D eigenvalue weighted by atomic mass is 10.1. The van der Waals surface area contributed by atoms with Crippen molar-refractivity contribution in [2.75, 3.05) is 0 Å². The molecule has 0 saturated carbocycles. The van der Waals surface area contributed by atoms with Crippen molar-refractivity contribution in [3.8, 4) is 0 Å². The summed E-state index contributed by atoms with van der Waals surface area (Å²) in [6, 6.07) is 0. The maximum Gasteiger partial charge on any atom is 0.519 e. The zero-order chi connectivity index (χ0) is 19.2. The van der Waals surface area contributed by atoms with Crippen LogP contribution in [0.3, 0.4) is 0 Å². The number of carbonyl (C=O) groups excluding carboxylic acids is 3. The molecule has 8 nitrogen and oxygen atoms in total. The van der Waals surface area contributed by atoms with Gasteiger partial charge in [-0.25, -0.2) is 9.59 Å². The summed E-state index contributed by atoms with van der Waals surface area (Å²) < 4.78 is 19.4. The fourth-order valence-corrected chi connectivity index (χ4v) is 2.36. The van der Waals surface area contributed by atoms with Crippen LogP contribution in [0.2, 0.25) is 0 Å². The highest BCUT2D eigenvalue weighted by Gasteiger charge is 2.22. The van der Waals surface area contributed by atoms with Crippen molar-refractivity contribution in [3.63, 3.8) is 0 Å². The van der Waals surface area contributed by atoms with E-state index in [0.29, 0.717) is 11.8 Å². The van der Waals surface area contributed by atoms with E-state index in [1.165, 1.54) is 6.92 Å². The lowest BCUT2D eigenvalue weighted by molar-refractivity contribution is -0.155. The minimum Gasteiger partial charge on any atom is -0.460 e. The monoisotopic (exact) mass is 374 g/mol. The molecule has 0 amide bonds. The number of esters is 1. The molecule has 0 bridgehead atoms. The zero-order valence-electron chi connectivity index (χ0n) is 14.9. The van der Waals surface area contributed by atoms with Crippen molar-refractivity contribution >= 4 is 28.8 Å². The molecule has 1 rings (SSSR count). The van der Waals surface area contributed by atoms with Gasteiger partial charge in [-0.15, -0.1) is 0 Å². The number of carbonyl (C=O) groups is 3. The summed E-state index contributed by atoms with van der Waals surface area (Å²) in [7, 11) is 0. The Morgan fingerprint density at radius 1 is 1.16 bits per heavy atom. The zero-order valence-corrected chi connectivity index (χ0v) is 15.7. The third-order valence-electron chi connectivity index (χ3n) is 2.88. The quantitative estimate of drug-likeness (QED) is 0.664. The molecule has 0 fully saturated rings. The fourth-order valence-electron chi connectivity index (χ4n) is 1.70. The van der Waals surface area contributed by atoms with Crippen LogP contribution in [0.5, 0.6) is 0 Å². The first-order valence-corrected chi connectivity index (χ1v) is 8.53. The summed E-state index contributed by atoms with van der Waals surface area (Å²) in [4.78, 5) is 46.1. The van der Waals surface area contributed by atoms with Crippen molar-refractivity contribution < 1.29 is 32.7 Å². The Labute approximate surface area is 149 Å². The topological polar surface area (TPSA) is 113 Å². The average molecular weight is 374 g/mol. The molecule has 1 atom stereocenters. The molecule has 0 aliphatic carbocycles. The van der Waals surface area contributed by atoms with Gasteiger partial charge in [-0.2, -0.15) is 0 Å². The number of aryl methyl sites for hydroxylation is 1. The second-order valence-electron chi connectivity index (χ2n) is 6.28. The summed E-state index contributed by atoms with van der Waals surface area (Å²) in [6.07, 6.45) is -0.0680. The Balaban J connectivity index is 2.36. The van der Waals surface area contributed by atoms with Crippen molar-refractivity contribution in [1.82, 2.24) is 0 Å². The number of ether oxygens (including phenoxy) is 2. The average Bonchev–Trinajstić information content (AvgIpc) is 2.78. The van der Waals surface area contributed by atoms with E-state index in [-0.39, 0.29) is 36.8 Å². The van der Waals surface area contributed by atoms with Gasteiger partial charge in [-0.3, -0.25) is 9.59 Å². The van der Waals surface area contributed by atoms with E-state index in [2.05, 4.69) is 4.42 Å². The van der Waals surface area contributed by atoms with Gasteiger partial charge in [0.2, 0.25) is 0 Å². The van der Waals surface area contributed by atoms with E-state index >= 15 is 0 Å². The summed E-state index contributed by atoms with van der Waals surface area (Å²) in [6.45, 7) is 8.01. The maximum atomic E-state index is 12.0. The van der Waals surface area contributed by atoms with Gasteiger partial charge in [-0.1, -0.05) is 0 Å². The molecule has 0 aliphatic heterocycles. The van der Waals surface area contributed by atoms with E-state index in [1.54, 1.807) is 27.7 Å². The second-order valence-corrected chi connectivity index (χ2v) is 7.56. The Morgan fingerprint density at radius 2 is 1.80 bits per heavy atom. The molecule has 140 valence electrons. The molecule has 25 heavy (non-hydrogen) atoms. The summed E-state index contributed by atoms with van der Waals surface area (Å²) >= 11 is 0.691. The lowest BCUT2D eigenvalue weighted by Crippen LogP contribution is -2.25. The molecule has 0 spiro atoms. The predicted octanol–water partition coefficient (Wildman–Crippen LogP) is 2.99. The largest absolute Gasteiger partial charge is 0.519 e. The smallest absolute Gasteiger partial charge is 0.460 e. The second kappa shape index (κ2) is 8.89. The van der Waals surface area contributed by atoms with Gasteiger partial charge in [0.25, 0.3) is 0 Å². The highest BCUT2D eigenvalue weighted by molar-refractivity contribution is 8.14. The fraction of sp³-hybridized carbons (Fsp3) is 0.625. The highest BCUT2D eigenvalue weighted by atomic mass is 32.2. The molecule has 1 aromatic heterocycles. The van der Waals surface area contributed by atoms with E-state index in [1.807, 2.05) is 0 Å². The van der Waals surface area contributed by atoms with Crippen LogP contribution in [-0.4, -0.2) is 27.9 Å². The van der Waals surface area contributed by atoms with Crippen LogP contribution >= 0.6 is 11.8 Å². The summed E-state index contributed by atoms with van der Waals surface area (Å²) in [5.74, 6) is -1.26. The van der Waals surface area contributed by atoms with E-state index < -0.39 is 27.9 Å². The summed E-state index contributed by atoms with van der Waals surface area (Å²) in [5.41, 5.74) is -0.607. The van der Waals surface area contributed by atoms with Gasteiger partial charge < -0.3 is 18.3 Å². The van der Waals surface area contributed by atoms with Crippen molar-refractivity contribution in [2.24, 2.45) is 0 Å². The van der Waals surface area contributed by atoms with Gasteiger partial charge in [-0.05, 0) is 46.4 Å². The Morgan fingerprint density at radius 3 is 2.32 bits per heavy atom. The van der Waals surface area contributed by atoms with Crippen molar-refractivity contribution in [3.05, 3.63) is 22.1 Å². The van der Waals surface area contributed by atoms with E-state index in [4.69, 9.17) is 13.9 Å². The number of ketones is 1. The van der Waals surface area contributed by atoms with Crippen LogP contribution in [-0.2, 0) is 25.7 Å². The van der Waals surface area contributed by atoms with Crippen LogP contribution in [0.4, 0.5) is 4.79 Å². The number of rotatable bonds is 7. The molecule has 0 aromatic carbocycles. The van der Waals surface area contributed by atoms with Crippen molar-refractivity contribution in [1.29, 1.82) is 0 Å². The molecular formula is C16H22O8S. The van der Waals surface area contributed by atoms with Crippen LogP contribution in [0, 0.1) is 6.92 Å². The molecule has 0 saturated heterocycles. The molecular weight excluding hydrogens is 352 g/mol. The molecule has 1 aromatic rings. The van der Waals surface area contributed by atoms with Gasteiger partial charge in [0.1, 0.15) is 11.4 Å². The molecule has 0 radical (unpaired) electrons. The van der Waals surface area contributed by atoms with Crippen molar-refractivity contribution in [2.45, 2.75) is 64.9 Å². The minimum absolute atomic E-state index is 0.0218. The maximum absolute atomic E-state index is 12.0. The molecule has 1 heterocycles. The Bertz CT molecular complexity index is 679. The van der Waals surface area contributed by atoms with Crippen LogP contribution in [0.25, 0.3) is 0 Å².